The lowest BCUT2D eigenvalue weighted by molar-refractivity contribution is -0.142. The zero-order valence-electron chi connectivity index (χ0n) is 15.4. The van der Waals surface area contributed by atoms with Gasteiger partial charge >= 0.3 is 6.03 Å². The highest BCUT2D eigenvalue weighted by Gasteiger charge is 2.53. The predicted octanol–water partition coefficient (Wildman–Crippen LogP) is 2.29. The van der Waals surface area contributed by atoms with Crippen LogP contribution in [0.4, 0.5) is 4.79 Å². The maximum atomic E-state index is 12.7. The molecule has 1 spiro atoms. The number of hydrogen-bond acceptors (Lipinski definition) is 4. The standard InChI is InChI=1S/C19H25N3O4/c1-12-4-6-15(7-5-12)26-14(3)16(23)21-22-17(24)19(20-18(22)25)10-8-13(2)9-11-19/h4-7,13-14H,8-11H2,1-3H3,(H,20,25)(H,21,23). The third-order valence-corrected chi connectivity index (χ3v) is 5.21. The number of urea groups is 1. The summed E-state index contributed by atoms with van der Waals surface area (Å²) in [6.45, 7) is 5.67. The Morgan fingerprint density at radius 1 is 1.27 bits per heavy atom. The van der Waals surface area contributed by atoms with Crippen molar-refractivity contribution in [3.8, 4) is 5.75 Å². The summed E-state index contributed by atoms with van der Waals surface area (Å²) < 4.78 is 5.58. The lowest BCUT2D eigenvalue weighted by Gasteiger charge is -2.33. The molecule has 2 N–H and O–H groups in total. The average molecular weight is 359 g/mol. The normalized spacial score (nSPS) is 26.6. The molecule has 1 atom stereocenters. The van der Waals surface area contributed by atoms with Crippen molar-refractivity contribution in [3.63, 3.8) is 0 Å². The number of carbonyl (C=O) groups excluding carboxylic acids is 3. The second kappa shape index (κ2) is 6.97. The second-order valence-corrected chi connectivity index (χ2v) is 7.38. The van der Waals surface area contributed by atoms with Crippen molar-refractivity contribution in [1.82, 2.24) is 15.8 Å². The average Bonchev–Trinajstić information content (AvgIpc) is 2.84. The van der Waals surface area contributed by atoms with Crippen LogP contribution in [0.25, 0.3) is 0 Å². The number of nitrogens with zero attached hydrogens (tertiary/aromatic N) is 1. The Morgan fingerprint density at radius 3 is 2.50 bits per heavy atom. The van der Waals surface area contributed by atoms with Crippen molar-refractivity contribution in [3.05, 3.63) is 29.8 Å². The van der Waals surface area contributed by atoms with Crippen LogP contribution in [0.1, 0.15) is 45.1 Å². The Bertz CT molecular complexity index is 708. The molecule has 0 aromatic heterocycles. The first-order valence-corrected chi connectivity index (χ1v) is 9.01. The van der Waals surface area contributed by atoms with Crippen molar-refractivity contribution < 1.29 is 19.1 Å². The van der Waals surface area contributed by atoms with Crippen LogP contribution in [0.5, 0.6) is 5.75 Å². The number of benzene rings is 1. The highest BCUT2D eigenvalue weighted by Crippen LogP contribution is 2.35. The molecule has 2 fully saturated rings. The molecule has 1 saturated carbocycles. The Hall–Kier alpha value is -2.57. The van der Waals surface area contributed by atoms with E-state index in [1.807, 2.05) is 19.1 Å². The van der Waals surface area contributed by atoms with Crippen molar-refractivity contribution >= 4 is 17.8 Å². The Morgan fingerprint density at radius 2 is 1.88 bits per heavy atom. The van der Waals surface area contributed by atoms with E-state index < -0.39 is 23.6 Å². The van der Waals surface area contributed by atoms with E-state index in [1.165, 1.54) is 0 Å². The van der Waals surface area contributed by atoms with Crippen LogP contribution >= 0.6 is 0 Å². The van der Waals surface area contributed by atoms with E-state index in [4.69, 9.17) is 4.74 Å². The minimum Gasteiger partial charge on any atom is -0.481 e. The number of hydrogen-bond donors (Lipinski definition) is 2. The summed E-state index contributed by atoms with van der Waals surface area (Å²) in [5.41, 5.74) is 2.61. The highest BCUT2D eigenvalue weighted by atomic mass is 16.5. The number of hydrazine groups is 1. The minimum absolute atomic E-state index is 0.384. The fraction of sp³-hybridized carbons (Fsp3) is 0.526. The van der Waals surface area contributed by atoms with E-state index >= 15 is 0 Å². The van der Waals surface area contributed by atoms with Gasteiger partial charge in [0.2, 0.25) is 0 Å². The number of carbonyl (C=O) groups is 3. The Balaban J connectivity index is 1.62. The molecule has 4 amide bonds. The first-order valence-electron chi connectivity index (χ1n) is 9.01. The van der Waals surface area contributed by atoms with Gasteiger partial charge in [-0.2, -0.15) is 5.01 Å². The van der Waals surface area contributed by atoms with Gasteiger partial charge in [-0.1, -0.05) is 24.6 Å². The number of rotatable bonds is 4. The summed E-state index contributed by atoms with van der Waals surface area (Å²) in [5, 5.41) is 3.57. The van der Waals surface area contributed by atoms with E-state index in [2.05, 4.69) is 17.7 Å². The molecule has 3 rings (SSSR count). The van der Waals surface area contributed by atoms with Gasteiger partial charge in [0.25, 0.3) is 11.8 Å². The molecule has 1 unspecified atom stereocenters. The van der Waals surface area contributed by atoms with Gasteiger partial charge < -0.3 is 10.1 Å². The topological polar surface area (TPSA) is 87.7 Å². The molecule has 1 aliphatic carbocycles. The first-order chi connectivity index (χ1) is 12.3. The minimum atomic E-state index is -0.877. The molecule has 0 radical (unpaired) electrons. The van der Waals surface area contributed by atoms with Crippen LogP contribution < -0.4 is 15.5 Å². The van der Waals surface area contributed by atoms with Crippen molar-refractivity contribution in [1.29, 1.82) is 0 Å². The number of amides is 4. The van der Waals surface area contributed by atoms with Crippen molar-refractivity contribution in [2.24, 2.45) is 5.92 Å². The molecular formula is C19H25N3O4. The van der Waals surface area contributed by atoms with Gasteiger partial charge in [-0.3, -0.25) is 15.0 Å². The summed E-state index contributed by atoms with van der Waals surface area (Å²) in [6, 6.07) is 6.72. The molecule has 7 nitrogen and oxygen atoms in total. The van der Waals surface area contributed by atoms with Crippen molar-refractivity contribution in [2.45, 2.75) is 58.1 Å². The number of aryl methyl sites for hydroxylation is 1. The molecule has 1 saturated heterocycles. The van der Waals surface area contributed by atoms with Gasteiger partial charge in [-0.25, -0.2) is 4.79 Å². The molecule has 26 heavy (non-hydrogen) atoms. The first kappa shape index (κ1) is 18.2. The van der Waals surface area contributed by atoms with Crippen LogP contribution in [0.3, 0.4) is 0 Å². The number of ether oxygens (including phenoxy) is 1. The summed E-state index contributed by atoms with van der Waals surface area (Å²) in [7, 11) is 0. The van der Waals surface area contributed by atoms with E-state index in [1.54, 1.807) is 19.1 Å². The summed E-state index contributed by atoms with van der Waals surface area (Å²) in [6.07, 6.45) is 2.10. The molecule has 140 valence electrons. The predicted molar refractivity (Wildman–Crippen MR) is 95.2 cm³/mol. The van der Waals surface area contributed by atoms with E-state index in [0.29, 0.717) is 24.5 Å². The highest BCUT2D eigenvalue weighted by molar-refractivity contribution is 6.08. The van der Waals surface area contributed by atoms with E-state index in [0.717, 1.165) is 23.4 Å². The quantitative estimate of drug-likeness (QED) is 0.808. The lowest BCUT2D eigenvalue weighted by Crippen LogP contribution is -2.53. The van der Waals surface area contributed by atoms with Crippen LogP contribution in [0.15, 0.2) is 24.3 Å². The van der Waals surface area contributed by atoms with Gasteiger partial charge in [0.15, 0.2) is 6.10 Å². The molecule has 0 bridgehead atoms. The van der Waals surface area contributed by atoms with Gasteiger partial charge in [0.1, 0.15) is 11.3 Å². The van der Waals surface area contributed by atoms with E-state index in [-0.39, 0.29) is 5.91 Å². The molecular weight excluding hydrogens is 334 g/mol. The largest absolute Gasteiger partial charge is 0.481 e. The summed E-state index contributed by atoms with van der Waals surface area (Å²) >= 11 is 0. The zero-order valence-corrected chi connectivity index (χ0v) is 15.4. The van der Waals surface area contributed by atoms with Gasteiger partial charge in [-0.05, 0) is 57.6 Å². The Labute approximate surface area is 153 Å². The van der Waals surface area contributed by atoms with Crippen LogP contribution in [0, 0.1) is 12.8 Å². The molecule has 1 aromatic rings. The van der Waals surface area contributed by atoms with Crippen LogP contribution in [-0.2, 0) is 9.59 Å². The fourth-order valence-electron chi connectivity index (χ4n) is 3.39. The summed E-state index contributed by atoms with van der Waals surface area (Å²) in [4.78, 5) is 37.3. The third-order valence-electron chi connectivity index (χ3n) is 5.21. The summed E-state index contributed by atoms with van der Waals surface area (Å²) in [5.74, 6) is 0.158. The third kappa shape index (κ3) is 3.52. The fourth-order valence-corrected chi connectivity index (χ4v) is 3.39. The van der Waals surface area contributed by atoms with Gasteiger partial charge in [0.05, 0.1) is 0 Å². The van der Waals surface area contributed by atoms with Gasteiger partial charge in [0, 0.05) is 0 Å². The van der Waals surface area contributed by atoms with Crippen LogP contribution in [0.2, 0.25) is 0 Å². The van der Waals surface area contributed by atoms with Crippen LogP contribution in [-0.4, -0.2) is 34.5 Å². The monoisotopic (exact) mass is 359 g/mol. The molecule has 7 heteroatoms. The second-order valence-electron chi connectivity index (χ2n) is 7.38. The SMILES string of the molecule is Cc1ccc(OC(C)C(=O)NN2C(=O)NC3(CCC(C)CC3)C2=O)cc1. The van der Waals surface area contributed by atoms with E-state index in [9.17, 15) is 14.4 Å². The molecule has 2 aliphatic rings. The number of nitrogens with one attached hydrogen (secondary N) is 2. The number of imide groups is 1. The Kier molecular flexibility index (Phi) is 4.89. The molecule has 1 heterocycles. The van der Waals surface area contributed by atoms with Gasteiger partial charge in [-0.15, -0.1) is 0 Å². The zero-order chi connectivity index (χ0) is 18.9. The molecule has 1 aliphatic heterocycles. The smallest absolute Gasteiger partial charge is 0.344 e. The maximum Gasteiger partial charge on any atom is 0.344 e. The lowest BCUT2D eigenvalue weighted by atomic mass is 9.77. The van der Waals surface area contributed by atoms with Crippen molar-refractivity contribution in [2.75, 3.05) is 0 Å². The molecule has 1 aromatic carbocycles. The maximum absolute atomic E-state index is 12.7.